The zero-order chi connectivity index (χ0) is 20.1. The molecule has 0 aliphatic carbocycles. The van der Waals surface area contributed by atoms with Crippen molar-refractivity contribution < 1.29 is 4.79 Å². The summed E-state index contributed by atoms with van der Waals surface area (Å²) in [7, 11) is 0. The van der Waals surface area contributed by atoms with Crippen LogP contribution in [-0.2, 0) is 6.54 Å². The highest BCUT2D eigenvalue weighted by Gasteiger charge is 2.12. The van der Waals surface area contributed by atoms with Crippen molar-refractivity contribution in [3.63, 3.8) is 0 Å². The first kappa shape index (κ1) is 18.9. The molecule has 1 amide bonds. The molecule has 0 saturated carbocycles. The lowest BCUT2D eigenvalue weighted by atomic mass is 10.1. The predicted molar refractivity (Wildman–Crippen MR) is 116 cm³/mol. The van der Waals surface area contributed by atoms with E-state index in [4.69, 9.17) is 0 Å². The Morgan fingerprint density at radius 3 is 2.55 bits per heavy atom. The molecule has 148 valence electrons. The van der Waals surface area contributed by atoms with Crippen molar-refractivity contribution in [1.82, 2.24) is 15.3 Å². The zero-order valence-electron chi connectivity index (χ0n) is 16.6. The van der Waals surface area contributed by atoms with E-state index in [9.17, 15) is 4.79 Å². The lowest BCUT2D eigenvalue weighted by Gasteiger charge is -2.17. The van der Waals surface area contributed by atoms with Gasteiger partial charge in [-0.1, -0.05) is 24.3 Å². The number of aromatic nitrogens is 2. The fourth-order valence-electron chi connectivity index (χ4n) is 3.50. The monoisotopic (exact) mass is 387 g/mol. The van der Waals surface area contributed by atoms with Crippen molar-refractivity contribution in [2.75, 3.05) is 23.3 Å². The van der Waals surface area contributed by atoms with Gasteiger partial charge in [0.1, 0.15) is 17.8 Å². The lowest BCUT2D eigenvalue weighted by molar-refractivity contribution is 0.0945. The van der Waals surface area contributed by atoms with Gasteiger partial charge in [0.25, 0.3) is 5.91 Å². The highest BCUT2D eigenvalue weighted by molar-refractivity contribution is 5.92. The van der Waals surface area contributed by atoms with Crippen LogP contribution in [0.4, 0.5) is 17.2 Å². The van der Waals surface area contributed by atoms with Gasteiger partial charge in [0.2, 0.25) is 0 Å². The molecule has 1 aliphatic heterocycles. The van der Waals surface area contributed by atoms with Crippen LogP contribution >= 0.6 is 0 Å². The van der Waals surface area contributed by atoms with Gasteiger partial charge in [-0.05, 0) is 55.2 Å². The van der Waals surface area contributed by atoms with Crippen molar-refractivity contribution in [3.8, 4) is 0 Å². The molecule has 6 heteroatoms. The van der Waals surface area contributed by atoms with E-state index in [1.54, 1.807) is 6.07 Å². The van der Waals surface area contributed by atoms with Gasteiger partial charge in [-0.15, -0.1) is 0 Å². The van der Waals surface area contributed by atoms with E-state index in [1.807, 2.05) is 43.3 Å². The molecule has 1 aliphatic rings. The minimum Gasteiger partial charge on any atom is -0.372 e. The second-order valence-electron chi connectivity index (χ2n) is 7.26. The molecule has 0 bridgehead atoms. The molecule has 1 fully saturated rings. The van der Waals surface area contributed by atoms with Crippen LogP contribution in [0.5, 0.6) is 0 Å². The van der Waals surface area contributed by atoms with E-state index in [0.717, 1.165) is 29.9 Å². The summed E-state index contributed by atoms with van der Waals surface area (Å²) in [6.07, 6.45) is 3.93. The van der Waals surface area contributed by atoms with Gasteiger partial charge >= 0.3 is 0 Å². The first-order valence-corrected chi connectivity index (χ1v) is 9.96. The predicted octanol–water partition coefficient (Wildman–Crippen LogP) is 4.06. The molecule has 4 rings (SSSR count). The van der Waals surface area contributed by atoms with Crippen LogP contribution < -0.4 is 15.5 Å². The van der Waals surface area contributed by atoms with E-state index < -0.39 is 0 Å². The minimum absolute atomic E-state index is 0.219. The summed E-state index contributed by atoms with van der Waals surface area (Å²) in [4.78, 5) is 23.2. The number of nitrogens with one attached hydrogen (secondary N) is 2. The highest BCUT2D eigenvalue weighted by Crippen LogP contribution is 2.23. The van der Waals surface area contributed by atoms with Crippen LogP contribution in [0.15, 0.2) is 60.9 Å². The Labute approximate surface area is 171 Å². The van der Waals surface area contributed by atoms with Gasteiger partial charge in [0.05, 0.1) is 0 Å². The summed E-state index contributed by atoms with van der Waals surface area (Å²) >= 11 is 0. The van der Waals surface area contributed by atoms with Crippen LogP contribution in [0.2, 0.25) is 0 Å². The molecule has 0 unspecified atom stereocenters. The number of benzene rings is 2. The van der Waals surface area contributed by atoms with E-state index in [0.29, 0.717) is 18.1 Å². The van der Waals surface area contributed by atoms with E-state index in [2.05, 4.69) is 37.6 Å². The summed E-state index contributed by atoms with van der Waals surface area (Å²) in [5.41, 5.74) is 4.75. The summed E-state index contributed by atoms with van der Waals surface area (Å²) in [6, 6.07) is 18.0. The average Bonchev–Trinajstić information content (AvgIpc) is 3.29. The molecule has 3 aromatic rings. The maximum atomic E-state index is 12.5. The third kappa shape index (κ3) is 4.71. The molecule has 1 saturated heterocycles. The standard InChI is InChI=1S/C23H25N5O/c1-17-6-2-3-7-18(17)15-24-23(29)21-14-22(26-16-25-21)27-19-8-10-20(11-9-19)28-12-4-5-13-28/h2-3,6-11,14,16H,4-5,12-13,15H2,1H3,(H,24,29)(H,25,26,27). The zero-order valence-corrected chi connectivity index (χ0v) is 16.6. The number of carbonyl (C=O) groups is 1. The quantitative estimate of drug-likeness (QED) is 0.667. The van der Waals surface area contributed by atoms with Crippen LogP contribution in [0.3, 0.4) is 0 Å². The smallest absolute Gasteiger partial charge is 0.270 e. The summed E-state index contributed by atoms with van der Waals surface area (Å²) in [5, 5.41) is 6.17. The molecule has 2 heterocycles. The number of nitrogens with zero attached hydrogens (tertiary/aromatic N) is 3. The largest absolute Gasteiger partial charge is 0.372 e. The van der Waals surface area contributed by atoms with Crippen molar-refractivity contribution in [1.29, 1.82) is 0 Å². The third-order valence-electron chi connectivity index (χ3n) is 5.21. The number of amides is 1. The Morgan fingerprint density at radius 2 is 1.79 bits per heavy atom. The second-order valence-corrected chi connectivity index (χ2v) is 7.26. The van der Waals surface area contributed by atoms with Gasteiger partial charge in [-0.25, -0.2) is 9.97 Å². The Balaban J connectivity index is 1.39. The first-order valence-electron chi connectivity index (χ1n) is 9.96. The lowest BCUT2D eigenvalue weighted by Crippen LogP contribution is -2.24. The van der Waals surface area contributed by atoms with Crippen molar-refractivity contribution in [2.45, 2.75) is 26.3 Å². The molecular weight excluding hydrogens is 362 g/mol. The van der Waals surface area contributed by atoms with Gasteiger partial charge in [-0.3, -0.25) is 4.79 Å². The van der Waals surface area contributed by atoms with Gasteiger partial charge in [0, 0.05) is 37.1 Å². The van der Waals surface area contributed by atoms with Crippen molar-refractivity contribution in [3.05, 3.63) is 77.7 Å². The number of anilines is 3. The number of rotatable bonds is 6. The third-order valence-corrected chi connectivity index (χ3v) is 5.21. The van der Waals surface area contributed by atoms with E-state index >= 15 is 0 Å². The number of carbonyl (C=O) groups excluding carboxylic acids is 1. The highest BCUT2D eigenvalue weighted by atomic mass is 16.1. The van der Waals surface area contributed by atoms with Crippen LogP contribution in [0, 0.1) is 6.92 Å². The normalized spacial score (nSPS) is 13.3. The van der Waals surface area contributed by atoms with Gasteiger partial charge in [0.15, 0.2) is 0 Å². The Morgan fingerprint density at radius 1 is 1.03 bits per heavy atom. The topological polar surface area (TPSA) is 70.2 Å². The van der Waals surface area contributed by atoms with Gasteiger partial charge in [-0.2, -0.15) is 0 Å². The van der Waals surface area contributed by atoms with Crippen molar-refractivity contribution >= 4 is 23.1 Å². The molecule has 0 spiro atoms. The molecule has 6 nitrogen and oxygen atoms in total. The van der Waals surface area contributed by atoms with Gasteiger partial charge < -0.3 is 15.5 Å². The minimum atomic E-state index is -0.219. The molecular formula is C23H25N5O. The summed E-state index contributed by atoms with van der Waals surface area (Å²) in [6.45, 7) is 4.75. The maximum absolute atomic E-state index is 12.5. The Hall–Kier alpha value is -3.41. The van der Waals surface area contributed by atoms with Crippen LogP contribution in [-0.4, -0.2) is 29.0 Å². The summed E-state index contributed by atoms with van der Waals surface area (Å²) in [5.74, 6) is 0.373. The molecule has 2 N–H and O–H groups in total. The molecule has 0 atom stereocenters. The fourth-order valence-corrected chi connectivity index (χ4v) is 3.50. The average molecular weight is 387 g/mol. The number of hydrogen-bond acceptors (Lipinski definition) is 5. The maximum Gasteiger partial charge on any atom is 0.270 e. The Bertz CT molecular complexity index is 981. The number of aryl methyl sites for hydroxylation is 1. The van der Waals surface area contributed by atoms with Crippen LogP contribution in [0.1, 0.15) is 34.5 Å². The van der Waals surface area contributed by atoms with E-state index in [-0.39, 0.29) is 5.91 Å². The SMILES string of the molecule is Cc1ccccc1CNC(=O)c1cc(Nc2ccc(N3CCCC3)cc2)ncn1. The molecule has 2 aromatic carbocycles. The fraction of sp³-hybridized carbons (Fsp3) is 0.261. The van der Waals surface area contributed by atoms with E-state index in [1.165, 1.54) is 24.9 Å². The van der Waals surface area contributed by atoms with Crippen LogP contribution in [0.25, 0.3) is 0 Å². The Kier molecular flexibility index (Phi) is 5.70. The molecule has 29 heavy (non-hydrogen) atoms. The van der Waals surface area contributed by atoms with Crippen molar-refractivity contribution in [2.24, 2.45) is 0 Å². The number of hydrogen-bond donors (Lipinski definition) is 2. The molecule has 1 aromatic heterocycles. The first-order chi connectivity index (χ1) is 14.2. The summed E-state index contributed by atoms with van der Waals surface area (Å²) < 4.78 is 0. The molecule has 0 radical (unpaired) electrons. The second kappa shape index (κ2) is 8.73.